The van der Waals surface area contributed by atoms with Crippen molar-refractivity contribution in [3.05, 3.63) is 94.0 Å². The van der Waals surface area contributed by atoms with Crippen LogP contribution in [0.15, 0.2) is 71.7 Å². The summed E-state index contributed by atoms with van der Waals surface area (Å²) in [5.74, 6) is -0.833. The van der Waals surface area contributed by atoms with Crippen molar-refractivity contribution in [1.82, 2.24) is 4.90 Å². The summed E-state index contributed by atoms with van der Waals surface area (Å²) in [6.45, 7) is 6.37. The average Bonchev–Trinajstić information content (AvgIpc) is 2.91. The zero-order valence-corrected chi connectivity index (χ0v) is 23.6. The molecule has 1 aliphatic rings. The molecule has 3 aromatic carbocycles. The van der Waals surface area contributed by atoms with E-state index >= 15 is 0 Å². The molecule has 7 nitrogen and oxygen atoms in total. The van der Waals surface area contributed by atoms with E-state index in [1.54, 1.807) is 36.1 Å². The third-order valence-electron chi connectivity index (χ3n) is 6.21. The molecule has 0 aromatic heterocycles. The van der Waals surface area contributed by atoms with E-state index < -0.39 is 11.2 Å². The molecule has 1 saturated heterocycles. The first kappa shape index (κ1) is 28.4. The van der Waals surface area contributed by atoms with Gasteiger partial charge in [0.25, 0.3) is 0 Å². The molecule has 4 rings (SSSR count). The summed E-state index contributed by atoms with van der Waals surface area (Å²) in [6, 6.07) is 20.0. The number of hydrogen-bond donors (Lipinski definition) is 1. The van der Waals surface area contributed by atoms with Crippen LogP contribution in [0, 0.1) is 13.8 Å². The normalized spacial score (nSPS) is 16.3. The SMILES string of the molecule is CCOC(=O)c1ccc(N=C2S[C@H](C(=O)Nc3ccc(C)cc3C)CC(=O)N2CCc2ccc(Cl)cc2)cc1. The minimum absolute atomic E-state index is 0.0584. The van der Waals surface area contributed by atoms with Gasteiger partial charge in [-0.2, -0.15) is 0 Å². The number of esters is 1. The molecule has 0 spiro atoms. The highest BCUT2D eigenvalue weighted by Crippen LogP contribution is 2.31. The van der Waals surface area contributed by atoms with Crippen LogP contribution in [0.3, 0.4) is 0 Å². The Bertz CT molecular complexity index is 1390. The lowest BCUT2D eigenvalue weighted by Gasteiger charge is -2.32. The molecule has 1 heterocycles. The molecular weight excluding hydrogens is 534 g/mol. The van der Waals surface area contributed by atoms with Crippen molar-refractivity contribution in [2.24, 2.45) is 4.99 Å². The van der Waals surface area contributed by atoms with Gasteiger partial charge in [0.1, 0.15) is 5.25 Å². The first-order chi connectivity index (χ1) is 18.7. The van der Waals surface area contributed by atoms with Gasteiger partial charge in [-0.3, -0.25) is 14.5 Å². The zero-order valence-electron chi connectivity index (χ0n) is 22.1. The number of carbonyl (C=O) groups excluding carboxylic acids is 3. The number of carbonyl (C=O) groups is 3. The molecule has 0 bridgehead atoms. The van der Waals surface area contributed by atoms with Gasteiger partial charge in [-0.1, -0.05) is 53.2 Å². The molecule has 39 heavy (non-hydrogen) atoms. The minimum Gasteiger partial charge on any atom is -0.462 e. The fraction of sp³-hybridized carbons (Fsp3) is 0.267. The third kappa shape index (κ3) is 7.49. The minimum atomic E-state index is -0.637. The first-order valence-electron chi connectivity index (χ1n) is 12.7. The summed E-state index contributed by atoms with van der Waals surface area (Å²) >= 11 is 7.27. The Kier molecular flexibility index (Phi) is 9.43. The van der Waals surface area contributed by atoms with Crippen molar-refractivity contribution in [3.8, 4) is 0 Å². The second-order valence-corrected chi connectivity index (χ2v) is 10.8. The molecule has 3 aromatic rings. The lowest BCUT2D eigenvalue weighted by atomic mass is 10.1. The van der Waals surface area contributed by atoms with Crippen molar-refractivity contribution in [1.29, 1.82) is 0 Å². The van der Waals surface area contributed by atoms with E-state index in [1.807, 2.05) is 56.3 Å². The number of nitrogens with zero attached hydrogens (tertiary/aromatic N) is 2. The monoisotopic (exact) mass is 563 g/mol. The fourth-order valence-corrected chi connectivity index (χ4v) is 5.37. The van der Waals surface area contributed by atoms with Crippen LogP contribution in [0.2, 0.25) is 5.02 Å². The van der Waals surface area contributed by atoms with Crippen LogP contribution in [-0.4, -0.2) is 46.3 Å². The number of thioether (sulfide) groups is 1. The number of hydrogen-bond acceptors (Lipinski definition) is 6. The highest BCUT2D eigenvalue weighted by atomic mass is 35.5. The number of amides is 2. The highest BCUT2D eigenvalue weighted by molar-refractivity contribution is 8.15. The second kappa shape index (κ2) is 13.0. The van der Waals surface area contributed by atoms with E-state index in [4.69, 9.17) is 21.3 Å². The molecule has 1 atom stereocenters. The van der Waals surface area contributed by atoms with Gasteiger partial charge in [-0.25, -0.2) is 9.79 Å². The molecule has 1 N–H and O–H groups in total. The van der Waals surface area contributed by atoms with Gasteiger partial charge in [-0.05, 0) is 80.8 Å². The quantitative estimate of drug-likeness (QED) is 0.323. The molecule has 0 unspecified atom stereocenters. The van der Waals surface area contributed by atoms with E-state index in [2.05, 4.69) is 5.32 Å². The number of benzene rings is 3. The Morgan fingerprint density at radius 2 is 1.79 bits per heavy atom. The number of ether oxygens (including phenoxy) is 1. The fourth-order valence-electron chi connectivity index (χ4n) is 4.12. The molecule has 9 heteroatoms. The summed E-state index contributed by atoms with van der Waals surface area (Å²) in [5.41, 5.74) is 4.79. The van der Waals surface area contributed by atoms with Crippen LogP contribution >= 0.6 is 23.4 Å². The Balaban J connectivity index is 1.57. The zero-order chi connectivity index (χ0) is 27.9. The topological polar surface area (TPSA) is 88.1 Å². The smallest absolute Gasteiger partial charge is 0.338 e. The number of nitrogens with one attached hydrogen (secondary N) is 1. The predicted octanol–water partition coefficient (Wildman–Crippen LogP) is 6.34. The molecule has 202 valence electrons. The van der Waals surface area contributed by atoms with E-state index in [0.29, 0.717) is 34.4 Å². The number of aliphatic imine (C=N–C) groups is 1. The van der Waals surface area contributed by atoms with Crippen molar-refractivity contribution >= 4 is 57.7 Å². The number of aryl methyl sites for hydroxylation is 2. The van der Waals surface area contributed by atoms with E-state index in [1.165, 1.54) is 11.8 Å². The molecular formula is C30H30ClN3O4S. The van der Waals surface area contributed by atoms with E-state index in [0.717, 1.165) is 22.4 Å². The van der Waals surface area contributed by atoms with E-state index in [-0.39, 0.29) is 24.8 Å². The summed E-state index contributed by atoms with van der Waals surface area (Å²) < 4.78 is 5.05. The van der Waals surface area contributed by atoms with Crippen LogP contribution in [0.4, 0.5) is 11.4 Å². The van der Waals surface area contributed by atoms with Gasteiger partial charge in [0.15, 0.2) is 5.17 Å². The van der Waals surface area contributed by atoms with Crippen molar-refractivity contribution in [3.63, 3.8) is 0 Å². The maximum absolute atomic E-state index is 13.3. The maximum atomic E-state index is 13.3. The van der Waals surface area contributed by atoms with Crippen LogP contribution < -0.4 is 5.32 Å². The lowest BCUT2D eigenvalue weighted by molar-refractivity contribution is -0.129. The Morgan fingerprint density at radius 1 is 1.08 bits per heavy atom. The van der Waals surface area contributed by atoms with Crippen molar-refractivity contribution < 1.29 is 19.1 Å². The third-order valence-corrected chi connectivity index (χ3v) is 7.65. The van der Waals surface area contributed by atoms with E-state index in [9.17, 15) is 14.4 Å². The highest BCUT2D eigenvalue weighted by Gasteiger charge is 2.36. The summed E-state index contributed by atoms with van der Waals surface area (Å²) in [6.07, 6.45) is 0.659. The number of anilines is 1. The molecule has 0 aliphatic carbocycles. The number of amidine groups is 1. The van der Waals surface area contributed by atoms with Crippen LogP contribution in [0.1, 0.15) is 40.4 Å². The lowest BCUT2D eigenvalue weighted by Crippen LogP contribution is -2.46. The Hall–Kier alpha value is -3.62. The van der Waals surface area contributed by atoms with Crippen LogP contribution in [0.5, 0.6) is 0 Å². The van der Waals surface area contributed by atoms with Gasteiger partial charge < -0.3 is 10.1 Å². The van der Waals surface area contributed by atoms with Gasteiger partial charge in [-0.15, -0.1) is 0 Å². The Morgan fingerprint density at radius 3 is 2.46 bits per heavy atom. The molecule has 0 saturated carbocycles. The van der Waals surface area contributed by atoms with Gasteiger partial charge in [0, 0.05) is 23.7 Å². The largest absolute Gasteiger partial charge is 0.462 e. The summed E-state index contributed by atoms with van der Waals surface area (Å²) in [7, 11) is 0. The number of halogens is 1. The molecule has 2 amide bonds. The first-order valence-corrected chi connectivity index (χ1v) is 13.9. The average molecular weight is 564 g/mol. The molecule has 0 radical (unpaired) electrons. The second-order valence-electron chi connectivity index (χ2n) is 9.20. The standard InChI is InChI=1S/C30H30ClN3O4S/c1-4-38-29(37)22-8-12-24(13-9-22)32-30-34(16-15-21-6-10-23(31)11-7-21)27(35)18-26(39-30)28(36)33-25-14-5-19(2)17-20(25)3/h5-14,17,26H,4,15-16,18H2,1-3H3,(H,33,36)/t26-/m0/s1. The summed E-state index contributed by atoms with van der Waals surface area (Å²) in [4.78, 5) is 44.9. The van der Waals surface area contributed by atoms with Crippen LogP contribution in [0.25, 0.3) is 0 Å². The van der Waals surface area contributed by atoms with Crippen LogP contribution in [-0.2, 0) is 20.7 Å². The summed E-state index contributed by atoms with van der Waals surface area (Å²) in [5, 5.41) is 3.42. The predicted molar refractivity (Wildman–Crippen MR) is 157 cm³/mol. The van der Waals surface area contributed by atoms with Gasteiger partial charge in [0.05, 0.1) is 17.9 Å². The van der Waals surface area contributed by atoms with Crippen molar-refractivity contribution in [2.45, 2.75) is 38.9 Å². The maximum Gasteiger partial charge on any atom is 0.338 e. The molecule has 1 aliphatic heterocycles. The molecule has 1 fully saturated rings. The number of rotatable bonds is 8. The van der Waals surface area contributed by atoms with Gasteiger partial charge >= 0.3 is 5.97 Å². The van der Waals surface area contributed by atoms with Crippen molar-refractivity contribution in [2.75, 3.05) is 18.5 Å². The van der Waals surface area contributed by atoms with Gasteiger partial charge in [0.2, 0.25) is 11.8 Å². The Labute approximate surface area is 237 Å².